The van der Waals surface area contributed by atoms with Crippen molar-refractivity contribution in [2.75, 3.05) is 32.5 Å². The Morgan fingerprint density at radius 2 is 1.90 bits per heavy atom. The molecule has 3 rings (SSSR count). The molecule has 1 saturated heterocycles. The molecule has 16 nitrogen and oxygen atoms in total. The first-order valence-electron chi connectivity index (χ1n) is 13.0. The van der Waals surface area contributed by atoms with E-state index in [1.54, 1.807) is 27.8 Å². The number of amides is 2. The third-order valence-electron chi connectivity index (χ3n) is 5.33. The number of rotatable bonds is 8. The second-order valence-electron chi connectivity index (χ2n) is 10.9. The molecule has 2 atom stereocenters. The van der Waals surface area contributed by atoms with E-state index in [1.807, 2.05) is 0 Å². The number of allylic oxidation sites excluding steroid dienone is 1. The molecule has 230 valence electrons. The van der Waals surface area contributed by atoms with Gasteiger partial charge in [-0.3, -0.25) is 14.3 Å². The zero-order valence-corrected chi connectivity index (χ0v) is 24.3. The molecule has 3 heterocycles. The molecule has 0 aromatic carbocycles. The molecule has 2 aromatic rings. The molecule has 0 bridgehead atoms. The van der Waals surface area contributed by atoms with Crippen molar-refractivity contribution in [1.29, 1.82) is 0 Å². The molecule has 2 aromatic heterocycles. The van der Waals surface area contributed by atoms with Crippen molar-refractivity contribution in [3.63, 3.8) is 0 Å². The third kappa shape index (κ3) is 10.2. The first-order valence-corrected chi connectivity index (χ1v) is 13.0. The summed E-state index contributed by atoms with van der Waals surface area (Å²) in [6, 6.07) is 0. The Morgan fingerprint density at radius 1 is 1.27 bits per heavy atom. The van der Waals surface area contributed by atoms with Gasteiger partial charge in [-0.05, 0) is 47.5 Å². The SMILES string of the molecule is C=CCn1c(=O)n(C2CCC(COC(=O)N(C)CCNC(=O)OC(C)(C)C)O2)c2nc(N)[nH]c(=O)c21.CC(C)(O)O. The monoisotopic (exact) mass is 583 g/mol. The van der Waals surface area contributed by atoms with Gasteiger partial charge in [0.25, 0.3) is 5.56 Å². The second kappa shape index (κ2) is 13.6. The average molecular weight is 584 g/mol. The number of aromatic amines is 1. The number of likely N-dealkylation sites (N-methyl/N-ethyl adjacent to an activating group) is 1. The van der Waals surface area contributed by atoms with Crippen LogP contribution in [0.5, 0.6) is 0 Å². The standard InChI is InChI=1S/C22H33N7O7.C3H8O2/c1-6-10-28-15-16(25-18(23)26-17(15)30)29(20(28)32)14-8-7-13(35-14)12-34-21(33)27(5)11-9-24-19(31)36-22(2,3)4;1-3(2,4)5/h6,13-14H,1,7-12H2,2-5H3,(H,24,31)(H3,23,25,26,30);4-5H,1-2H3. The number of anilines is 1. The lowest BCUT2D eigenvalue weighted by Crippen LogP contribution is -2.39. The number of H-pyrrole nitrogens is 1. The number of fused-ring (bicyclic) bond motifs is 1. The molecule has 2 amide bonds. The van der Waals surface area contributed by atoms with Gasteiger partial charge >= 0.3 is 17.9 Å². The van der Waals surface area contributed by atoms with Crippen LogP contribution in [-0.4, -0.2) is 90.6 Å². The van der Waals surface area contributed by atoms with E-state index in [-0.39, 0.29) is 43.4 Å². The summed E-state index contributed by atoms with van der Waals surface area (Å²) in [5.41, 5.74) is 4.26. The molecule has 41 heavy (non-hydrogen) atoms. The first kappa shape index (κ1) is 33.3. The van der Waals surface area contributed by atoms with Gasteiger partial charge in [0.2, 0.25) is 5.95 Å². The number of alkyl carbamates (subject to hydrolysis) is 1. The predicted molar refractivity (Wildman–Crippen MR) is 149 cm³/mol. The van der Waals surface area contributed by atoms with Gasteiger partial charge in [-0.2, -0.15) is 4.98 Å². The van der Waals surface area contributed by atoms with Crippen LogP contribution in [0.2, 0.25) is 0 Å². The molecule has 0 saturated carbocycles. The van der Waals surface area contributed by atoms with Crippen molar-refractivity contribution >= 4 is 29.3 Å². The Bertz CT molecular complexity index is 1330. The molecule has 6 N–H and O–H groups in total. The summed E-state index contributed by atoms with van der Waals surface area (Å²) in [7, 11) is 1.54. The smallest absolute Gasteiger partial charge is 0.409 e. The topological polar surface area (TPSA) is 216 Å². The summed E-state index contributed by atoms with van der Waals surface area (Å²) in [6.07, 6.45) is 0.125. The van der Waals surface area contributed by atoms with Gasteiger partial charge in [0.15, 0.2) is 17.0 Å². The van der Waals surface area contributed by atoms with E-state index in [0.29, 0.717) is 12.8 Å². The zero-order valence-electron chi connectivity index (χ0n) is 24.3. The van der Waals surface area contributed by atoms with Gasteiger partial charge in [-0.25, -0.2) is 19.0 Å². The van der Waals surface area contributed by atoms with Gasteiger partial charge < -0.3 is 40.4 Å². The van der Waals surface area contributed by atoms with Crippen LogP contribution in [0, 0.1) is 0 Å². The molecule has 1 aliphatic heterocycles. The van der Waals surface area contributed by atoms with Gasteiger partial charge in [0, 0.05) is 26.7 Å². The fourth-order valence-corrected chi connectivity index (χ4v) is 3.76. The van der Waals surface area contributed by atoms with Crippen LogP contribution in [0.4, 0.5) is 15.5 Å². The van der Waals surface area contributed by atoms with Crippen molar-refractivity contribution in [2.24, 2.45) is 0 Å². The van der Waals surface area contributed by atoms with E-state index >= 15 is 0 Å². The maximum absolute atomic E-state index is 13.0. The summed E-state index contributed by atoms with van der Waals surface area (Å²) >= 11 is 0. The van der Waals surface area contributed by atoms with Crippen molar-refractivity contribution in [2.45, 2.75) is 77.7 Å². The summed E-state index contributed by atoms with van der Waals surface area (Å²) in [4.78, 5) is 57.3. The minimum Gasteiger partial charge on any atom is -0.447 e. The highest BCUT2D eigenvalue weighted by atomic mass is 16.6. The van der Waals surface area contributed by atoms with Crippen LogP contribution in [0.1, 0.15) is 53.7 Å². The van der Waals surface area contributed by atoms with Gasteiger partial charge in [-0.15, -0.1) is 6.58 Å². The summed E-state index contributed by atoms with van der Waals surface area (Å²) in [5, 5.41) is 18.7. The molecule has 0 radical (unpaired) electrons. The second-order valence-corrected chi connectivity index (χ2v) is 10.9. The zero-order chi connectivity index (χ0) is 31.1. The Labute approximate surface area is 236 Å². The highest BCUT2D eigenvalue weighted by molar-refractivity contribution is 5.72. The Hall–Kier alpha value is -3.89. The van der Waals surface area contributed by atoms with Crippen molar-refractivity contribution in [3.8, 4) is 0 Å². The van der Waals surface area contributed by atoms with Crippen molar-refractivity contribution in [3.05, 3.63) is 33.5 Å². The van der Waals surface area contributed by atoms with E-state index in [4.69, 9.17) is 30.2 Å². The van der Waals surface area contributed by atoms with Gasteiger partial charge in [0.1, 0.15) is 18.4 Å². The minimum absolute atomic E-state index is 0.0324. The van der Waals surface area contributed by atoms with Gasteiger partial charge in [0.05, 0.1) is 6.10 Å². The highest BCUT2D eigenvalue weighted by Crippen LogP contribution is 2.29. The number of aromatic nitrogens is 4. The fourth-order valence-electron chi connectivity index (χ4n) is 3.76. The van der Waals surface area contributed by atoms with Crippen LogP contribution >= 0.6 is 0 Å². The fraction of sp³-hybridized carbons (Fsp3) is 0.640. The van der Waals surface area contributed by atoms with Crippen LogP contribution in [0.3, 0.4) is 0 Å². The van der Waals surface area contributed by atoms with Gasteiger partial charge in [-0.1, -0.05) is 6.08 Å². The van der Waals surface area contributed by atoms with Crippen LogP contribution in [0.25, 0.3) is 11.2 Å². The number of nitrogens with two attached hydrogens (primary N) is 1. The Kier molecular flexibility index (Phi) is 11.1. The normalized spacial score (nSPS) is 17.0. The number of imidazole rings is 1. The molecule has 16 heteroatoms. The maximum atomic E-state index is 13.0. The molecule has 2 unspecified atom stereocenters. The number of aliphatic hydroxyl groups is 2. The highest BCUT2D eigenvalue weighted by Gasteiger charge is 2.32. The molecular formula is C25H41N7O9. The predicted octanol–water partition coefficient (Wildman–Crippen LogP) is 0.632. The average Bonchev–Trinajstić information content (AvgIpc) is 3.37. The van der Waals surface area contributed by atoms with E-state index in [9.17, 15) is 19.2 Å². The Morgan fingerprint density at radius 3 is 2.49 bits per heavy atom. The van der Waals surface area contributed by atoms with E-state index < -0.39 is 47.2 Å². The lowest BCUT2D eigenvalue weighted by Gasteiger charge is -2.21. The van der Waals surface area contributed by atoms with E-state index in [0.717, 1.165) is 0 Å². The number of nitrogens with one attached hydrogen (secondary N) is 2. The minimum atomic E-state index is -1.50. The summed E-state index contributed by atoms with van der Waals surface area (Å²) < 4.78 is 19.0. The van der Waals surface area contributed by atoms with Crippen LogP contribution < -0.4 is 22.3 Å². The maximum Gasteiger partial charge on any atom is 0.409 e. The number of ether oxygens (including phenoxy) is 3. The van der Waals surface area contributed by atoms with Crippen LogP contribution in [-0.2, 0) is 20.8 Å². The molecule has 0 spiro atoms. The number of hydrogen-bond acceptors (Lipinski definition) is 11. The lowest BCUT2D eigenvalue weighted by molar-refractivity contribution is -0.127. The van der Waals surface area contributed by atoms with E-state index in [2.05, 4.69) is 21.9 Å². The first-order chi connectivity index (χ1) is 18.9. The molecule has 1 aliphatic rings. The molecular weight excluding hydrogens is 542 g/mol. The van der Waals surface area contributed by atoms with Crippen molar-refractivity contribution in [1.82, 2.24) is 29.3 Å². The third-order valence-corrected chi connectivity index (χ3v) is 5.33. The number of carbonyl (C=O) groups is 2. The Balaban J connectivity index is 0.00000108. The van der Waals surface area contributed by atoms with E-state index in [1.165, 1.54) is 34.0 Å². The number of nitrogen functional groups attached to an aromatic ring is 1. The van der Waals surface area contributed by atoms with Crippen molar-refractivity contribution < 1.29 is 34.0 Å². The quantitative estimate of drug-likeness (QED) is 0.214. The molecule has 0 aliphatic carbocycles. The number of nitrogens with zero attached hydrogens (tertiary/aromatic N) is 4. The summed E-state index contributed by atoms with van der Waals surface area (Å²) in [5.74, 6) is -1.62. The largest absolute Gasteiger partial charge is 0.447 e. The number of hydrogen-bond donors (Lipinski definition) is 5. The summed E-state index contributed by atoms with van der Waals surface area (Å²) in [6.45, 7) is 12.0. The lowest BCUT2D eigenvalue weighted by atomic mass is 10.2. The number of carbonyl (C=O) groups excluding carboxylic acids is 2. The molecule has 1 fully saturated rings. The van der Waals surface area contributed by atoms with Crippen LogP contribution in [0.15, 0.2) is 22.2 Å².